The maximum atomic E-state index is 11.8. The predicted octanol–water partition coefficient (Wildman–Crippen LogP) is 0.461. The van der Waals surface area contributed by atoms with Gasteiger partial charge in [-0.05, 0) is 13.0 Å². The molecule has 1 amide bonds. The summed E-state index contributed by atoms with van der Waals surface area (Å²) in [7, 11) is 0. The Labute approximate surface area is 96.6 Å². The number of nitrogens with one attached hydrogen (secondary N) is 1. The lowest BCUT2D eigenvalue weighted by atomic mass is 10.3. The van der Waals surface area contributed by atoms with E-state index in [2.05, 4.69) is 0 Å². The van der Waals surface area contributed by atoms with E-state index >= 15 is 0 Å². The normalized spacial score (nSPS) is 11.6. The summed E-state index contributed by atoms with van der Waals surface area (Å²) in [5, 5.41) is 10.2. The van der Waals surface area contributed by atoms with Crippen LogP contribution in [0.25, 0.3) is 0 Å². The Kier molecular flexibility index (Phi) is 6.55. The Morgan fingerprint density at radius 2 is 1.88 bits per heavy atom. The van der Waals surface area contributed by atoms with Gasteiger partial charge in [-0.15, -0.1) is 0 Å². The zero-order valence-corrected chi connectivity index (χ0v) is 9.38. The molecular formula is C9H15F3N2O3. The molecule has 0 aromatic rings. The first-order valence-electron chi connectivity index (χ1n) is 5.02. The lowest BCUT2D eigenvalue weighted by molar-refractivity contribution is -0.141. The van der Waals surface area contributed by atoms with E-state index in [1.54, 1.807) is 12.2 Å². The molecule has 0 heterocycles. The molecule has 0 aliphatic carbocycles. The minimum atomic E-state index is -4.46. The van der Waals surface area contributed by atoms with E-state index in [4.69, 9.17) is 5.11 Å². The van der Waals surface area contributed by atoms with Crippen molar-refractivity contribution in [3.05, 3.63) is 0 Å². The van der Waals surface area contributed by atoms with Gasteiger partial charge in [0, 0.05) is 0 Å². The Morgan fingerprint density at radius 3 is 2.29 bits per heavy atom. The average Bonchev–Trinajstić information content (AvgIpc) is 2.13. The summed E-state index contributed by atoms with van der Waals surface area (Å²) in [6, 6.07) is 0. The third kappa shape index (κ3) is 9.61. The van der Waals surface area contributed by atoms with Gasteiger partial charge in [0.25, 0.3) is 0 Å². The first-order chi connectivity index (χ1) is 7.74. The number of alkyl halides is 3. The molecule has 100 valence electrons. The lowest BCUT2D eigenvalue weighted by Gasteiger charge is -2.19. The van der Waals surface area contributed by atoms with Crippen molar-refractivity contribution in [1.82, 2.24) is 10.2 Å². The molecule has 0 saturated heterocycles. The smallest absolute Gasteiger partial charge is 0.405 e. The second kappa shape index (κ2) is 7.10. The molecule has 0 radical (unpaired) electrons. The van der Waals surface area contributed by atoms with Gasteiger partial charge >= 0.3 is 12.1 Å². The van der Waals surface area contributed by atoms with Crippen LogP contribution in [-0.2, 0) is 9.59 Å². The summed E-state index contributed by atoms with van der Waals surface area (Å²) >= 11 is 0. The van der Waals surface area contributed by atoms with Gasteiger partial charge in [0.2, 0.25) is 5.91 Å². The highest BCUT2D eigenvalue weighted by molar-refractivity contribution is 5.79. The predicted molar refractivity (Wildman–Crippen MR) is 53.4 cm³/mol. The first kappa shape index (κ1) is 15.7. The number of rotatable bonds is 7. The van der Waals surface area contributed by atoms with Crippen molar-refractivity contribution in [2.24, 2.45) is 0 Å². The van der Waals surface area contributed by atoms with E-state index in [1.165, 1.54) is 4.90 Å². The van der Waals surface area contributed by atoms with Crippen LogP contribution in [0.4, 0.5) is 13.2 Å². The number of halogens is 3. The van der Waals surface area contributed by atoms with E-state index in [0.29, 0.717) is 13.0 Å². The fraction of sp³-hybridized carbons (Fsp3) is 0.778. The van der Waals surface area contributed by atoms with Crippen molar-refractivity contribution >= 4 is 11.9 Å². The summed E-state index contributed by atoms with van der Waals surface area (Å²) in [6.45, 7) is -0.00340. The standard InChI is InChI=1S/C9H15F3N2O3/c1-2-3-14(5-8(16)17)4-7(15)13-6-9(10,11)12/h2-6H2,1H3,(H,13,15)(H,16,17). The van der Waals surface area contributed by atoms with Gasteiger partial charge in [0.15, 0.2) is 0 Å². The SMILES string of the molecule is CCCN(CC(=O)O)CC(=O)NCC(F)(F)F. The summed E-state index contributed by atoms with van der Waals surface area (Å²) in [5.41, 5.74) is 0. The quantitative estimate of drug-likeness (QED) is 0.694. The number of carboxylic acid groups (broad SMARTS) is 1. The number of nitrogens with zero attached hydrogens (tertiary/aromatic N) is 1. The van der Waals surface area contributed by atoms with E-state index < -0.39 is 24.6 Å². The van der Waals surface area contributed by atoms with Gasteiger partial charge in [0.1, 0.15) is 6.54 Å². The third-order valence-corrected chi connectivity index (χ3v) is 1.75. The molecule has 0 aromatic carbocycles. The number of carbonyl (C=O) groups is 2. The van der Waals surface area contributed by atoms with E-state index in [1.807, 2.05) is 0 Å². The number of amides is 1. The molecule has 8 heteroatoms. The number of carbonyl (C=O) groups excluding carboxylic acids is 1. The van der Waals surface area contributed by atoms with Crippen molar-refractivity contribution < 1.29 is 27.9 Å². The number of carboxylic acids is 1. The molecule has 0 unspecified atom stereocenters. The lowest BCUT2D eigenvalue weighted by Crippen LogP contribution is -2.42. The van der Waals surface area contributed by atoms with Gasteiger partial charge in [-0.25, -0.2) is 0 Å². The Bertz CT molecular complexity index is 269. The van der Waals surface area contributed by atoms with Crippen molar-refractivity contribution in [2.45, 2.75) is 19.5 Å². The molecule has 0 saturated carbocycles. The van der Waals surface area contributed by atoms with Crippen LogP contribution in [0.5, 0.6) is 0 Å². The van der Waals surface area contributed by atoms with Crippen LogP contribution in [-0.4, -0.2) is 54.2 Å². The minimum Gasteiger partial charge on any atom is -0.480 e. The largest absolute Gasteiger partial charge is 0.480 e. The molecule has 2 N–H and O–H groups in total. The van der Waals surface area contributed by atoms with Crippen molar-refractivity contribution in [2.75, 3.05) is 26.2 Å². The fourth-order valence-corrected chi connectivity index (χ4v) is 1.18. The molecule has 17 heavy (non-hydrogen) atoms. The van der Waals surface area contributed by atoms with Crippen LogP contribution in [0, 0.1) is 0 Å². The van der Waals surface area contributed by atoms with Crippen molar-refractivity contribution in [3.63, 3.8) is 0 Å². The molecular weight excluding hydrogens is 241 g/mol. The van der Waals surface area contributed by atoms with Crippen LogP contribution >= 0.6 is 0 Å². The Balaban J connectivity index is 4.07. The van der Waals surface area contributed by atoms with Gasteiger partial charge in [-0.3, -0.25) is 14.5 Å². The van der Waals surface area contributed by atoms with Gasteiger partial charge in [-0.1, -0.05) is 6.92 Å². The van der Waals surface area contributed by atoms with Crippen LogP contribution in [0.3, 0.4) is 0 Å². The monoisotopic (exact) mass is 256 g/mol. The molecule has 0 spiro atoms. The van der Waals surface area contributed by atoms with Gasteiger partial charge < -0.3 is 10.4 Å². The van der Waals surface area contributed by atoms with Crippen LogP contribution in [0.1, 0.15) is 13.3 Å². The second-order valence-electron chi connectivity index (χ2n) is 3.50. The van der Waals surface area contributed by atoms with Crippen molar-refractivity contribution in [1.29, 1.82) is 0 Å². The van der Waals surface area contributed by atoms with Crippen molar-refractivity contribution in [3.8, 4) is 0 Å². The average molecular weight is 256 g/mol. The molecule has 0 fully saturated rings. The number of hydrogen-bond donors (Lipinski definition) is 2. The van der Waals surface area contributed by atoms with E-state index in [0.717, 1.165) is 0 Å². The summed E-state index contributed by atoms with van der Waals surface area (Å²) < 4.78 is 35.4. The summed E-state index contributed by atoms with van der Waals surface area (Å²) in [4.78, 5) is 22.8. The molecule has 0 bridgehead atoms. The maximum Gasteiger partial charge on any atom is 0.405 e. The van der Waals surface area contributed by atoms with E-state index in [9.17, 15) is 22.8 Å². The van der Waals surface area contributed by atoms with Crippen LogP contribution in [0.15, 0.2) is 0 Å². The topological polar surface area (TPSA) is 69.6 Å². The Morgan fingerprint density at radius 1 is 1.29 bits per heavy atom. The highest BCUT2D eigenvalue weighted by Crippen LogP contribution is 2.11. The van der Waals surface area contributed by atoms with Crippen LogP contribution < -0.4 is 5.32 Å². The molecule has 0 rings (SSSR count). The summed E-state index contributed by atoms with van der Waals surface area (Å²) in [5.74, 6) is -1.96. The number of hydrogen-bond acceptors (Lipinski definition) is 3. The molecule has 0 atom stereocenters. The number of aliphatic carboxylic acids is 1. The zero-order chi connectivity index (χ0) is 13.5. The maximum absolute atomic E-state index is 11.8. The van der Waals surface area contributed by atoms with Gasteiger partial charge in [0.05, 0.1) is 13.1 Å². The second-order valence-corrected chi connectivity index (χ2v) is 3.50. The van der Waals surface area contributed by atoms with Gasteiger partial charge in [-0.2, -0.15) is 13.2 Å². The third-order valence-electron chi connectivity index (χ3n) is 1.75. The molecule has 0 aliphatic rings. The van der Waals surface area contributed by atoms with Crippen LogP contribution in [0.2, 0.25) is 0 Å². The first-order valence-corrected chi connectivity index (χ1v) is 5.02. The fourth-order valence-electron chi connectivity index (χ4n) is 1.18. The highest BCUT2D eigenvalue weighted by atomic mass is 19.4. The minimum absolute atomic E-state index is 0.339. The molecule has 5 nitrogen and oxygen atoms in total. The Hall–Kier alpha value is -1.31. The molecule has 0 aromatic heterocycles. The molecule has 0 aliphatic heterocycles. The zero-order valence-electron chi connectivity index (χ0n) is 9.38. The van der Waals surface area contributed by atoms with E-state index in [-0.39, 0.29) is 13.1 Å². The summed E-state index contributed by atoms with van der Waals surface area (Å²) in [6.07, 6.45) is -3.85. The highest BCUT2D eigenvalue weighted by Gasteiger charge is 2.28.